The molecule has 1 unspecified atom stereocenters. The molecule has 6 heteroatoms. The first-order valence-electron chi connectivity index (χ1n) is 10.2. The Kier molecular flexibility index (Phi) is 3.60. The van der Waals surface area contributed by atoms with E-state index in [1.807, 2.05) is 29.2 Å². The first kappa shape index (κ1) is 17.0. The van der Waals surface area contributed by atoms with Crippen molar-refractivity contribution in [3.63, 3.8) is 0 Å². The molecule has 1 saturated carbocycles. The SMILES string of the molecule is CC1(C(=O)N2CCC3(CC2)Nc2ccccc2NC3=O)CC12CCNCC2. The summed E-state index contributed by atoms with van der Waals surface area (Å²) in [6.07, 6.45) is 4.54. The lowest BCUT2D eigenvalue weighted by Crippen LogP contribution is -2.59. The minimum absolute atomic E-state index is 0.0285. The van der Waals surface area contributed by atoms with Crippen molar-refractivity contribution in [2.24, 2.45) is 10.8 Å². The molecule has 1 aromatic carbocycles. The van der Waals surface area contributed by atoms with Crippen molar-refractivity contribution in [3.05, 3.63) is 24.3 Å². The number of nitrogens with one attached hydrogen (secondary N) is 3. The van der Waals surface area contributed by atoms with Gasteiger partial charge in [0.2, 0.25) is 11.8 Å². The van der Waals surface area contributed by atoms with Crippen molar-refractivity contribution in [3.8, 4) is 0 Å². The number of hydrogen-bond donors (Lipinski definition) is 3. The molecule has 3 heterocycles. The third kappa shape index (κ3) is 2.42. The fourth-order valence-corrected chi connectivity index (χ4v) is 5.62. The predicted molar refractivity (Wildman–Crippen MR) is 105 cm³/mol. The molecule has 0 bridgehead atoms. The van der Waals surface area contributed by atoms with Crippen LogP contribution in [0.3, 0.4) is 0 Å². The van der Waals surface area contributed by atoms with E-state index in [1.165, 1.54) is 0 Å². The normalized spacial score (nSPS) is 30.4. The van der Waals surface area contributed by atoms with Crippen molar-refractivity contribution in [2.75, 3.05) is 36.8 Å². The molecule has 27 heavy (non-hydrogen) atoms. The molecule has 3 N–H and O–H groups in total. The third-order valence-corrected chi connectivity index (χ3v) is 7.66. The Morgan fingerprint density at radius 2 is 1.70 bits per heavy atom. The highest BCUT2D eigenvalue weighted by molar-refractivity contribution is 6.06. The predicted octanol–water partition coefficient (Wildman–Crippen LogP) is 2.19. The average Bonchev–Trinajstić information content (AvgIpc) is 3.27. The van der Waals surface area contributed by atoms with Gasteiger partial charge in [-0.15, -0.1) is 0 Å². The summed E-state index contributed by atoms with van der Waals surface area (Å²) >= 11 is 0. The molecule has 5 rings (SSSR count). The quantitative estimate of drug-likeness (QED) is 0.710. The molecular formula is C21H28N4O2. The monoisotopic (exact) mass is 368 g/mol. The average molecular weight is 368 g/mol. The van der Waals surface area contributed by atoms with Crippen LogP contribution in [0.4, 0.5) is 11.4 Å². The Morgan fingerprint density at radius 3 is 2.41 bits per heavy atom. The van der Waals surface area contributed by atoms with E-state index in [1.54, 1.807) is 0 Å². The molecule has 1 atom stereocenters. The van der Waals surface area contributed by atoms with Crippen molar-refractivity contribution in [1.82, 2.24) is 10.2 Å². The number of benzene rings is 1. The number of carbonyl (C=O) groups is 2. The number of piperidine rings is 2. The Labute approximate surface area is 160 Å². The van der Waals surface area contributed by atoms with Gasteiger partial charge >= 0.3 is 0 Å². The molecule has 1 aromatic rings. The molecule has 2 spiro atoms. The molecule has 0 radical (unpaired) electrons. The minimum Gasteiger partial charge on any atom is -0.369 e. The van der Waals surface area contributed by atoms with Crippen molar-refractivity contribution >= 4 is 23.2 Å². The van der Waals surface area contributed by atoms with Crippen molar-refractivity contribution in [1.29, 1.82) is 0 Å². The summed E-state index contributed by atoms with van der Waals surface area (Å²) in [5, 5.41) is 9.93. The van der Waals surface area contributed by atoms with Gasteiger partial charge in [-0.1, -0.05) is 19.1 Å². The first-order valence-corrected chi connectivity index (χ1v) is 10.2. The highest BCUT2D eigenvalue weighted by atomic mass is 16.2. The summed E-state index contributed by atoms with van der Waals surface area (Å²) in [4.78, 5) is 28.1. The molecule has 3 fully saturated rings. The Hall–Kier alpha value is -2.08. The second-order valence-corrected chi connectivity index (χ2v) is 9.04. The Balaban J connectivity index is 1.28. The number of fused-ring (bicyclic) bond motifs is 1. The van der Waals surface area contributed by atoms with Gasteiger partial charge < -0.3 is 20.9 Å². The fourth-order valence-electron chi connectivity index (χ4n) is 5.62. The van der Waals surface area contributed by atoms with Gasteiger partial charge in [-0.3, -0.25) is 9.59 Å². The van der Waals surface area contributed by atoms with E-state index >= 15 is 0 Å². The van der Waals surface area contributed by atoms with E-state index < -0.39 is 5.54 Å². The molecule has 1 aliphatic carbocycles. The van der Waals surface area contributed by atoms with E-state index in [0.29, 0.717) is 31.8 Å². The molecule has 3 aliphatic heterocycles. The number of anilines is 2. The van der Waals surface area contributed by atoms with Crippen LogP contribution in [0.1, 0.15) is 39.0 Å². The number of nitrogens with zero attached hydrogens (tertiary/aromatic N) is 1. The number of hydrogen-bond acceptors (Lipinski definition) is 4. The van der Waals surface area contributed by atoms with Crippen LogP contribution in [0.5, 0.6) is 0 Å². The van der Waals surface area contributed by atoms with Crippen molar-refractivity contribution < 1.29 is 9.59 Å². The largest absolute Gasteiger partial charge is 0.369 e. The Morgan fingerprint density at radius 1 is 1.04 bits per heavy atom. The second kappa shape index (κ2) is 5.71. The molecular weight excluding hydrogens is 340 g/mol. The lowest BCUT2D eigenvalue weighted by Gasteiger charge is -2.45. The summed E-state index contributed by atoms with van der Waals surface area (Å²) in [5.74, 6) is 0.330. The zero-order chi connectivity index (χ0) is 18.7. The van der Waals surface area contributed by atoms with E-state index in [0.717, 1.165) is 43.7 Å². The van der Waals surface area contributed by atoms with Gasteiger partial charge in [-0.2, -0.15) is 0 Å². The van der Waals surface area contributed by atoms with Gasteiger partial charge in [0.05, 0.1) is 16.8 Å². The number of carbonyl (C=O) groups excluding carboxylic acids is 2. The zero-order valence-electron chi connectivity index (χ0n) is 15.9. The maximum Gasteiger partial charge on any atom is 0.250 e. The van der Waals surface area contributed by atoms with Gasteiger partial charge in [0.1, 0.15) is 5.54 Å². The summed E-state index contributed by atoms with van der Waals surface area (Å²) in [5.41, 5.74) is 1.23. The number of para-hydroxylation sites is 2. The minimum atomic E-state index is -0.595. The highest BCUT2D eigenvalue weighted by Gasteiger charge is 2.68. The lowest BCUT2D eigenvalue weighted by molar-refractivity contribution is -0.141. The number of rotatable bonds is 1. The van der Waals surface area contributed by atoms with Crippen LogP contribution in [0, 0.1) is 10.8 Å². The summed E-state index contributed by atoms with van der Waals surface area (Å²) in [6.45, 7) is 5.49. The topological polar surface area (TPSA) is 73.5 Å². The summed E-state index contributed by atoms with van der Waals surface area (Å²) < 4.78 is 0. The highest BCUT2D eigenvalue weighted by Crippen LogP contribution is 2.69. The van der Waals surface area contributed by atoms with Gasteiger partial charge in [-0.25, -0.2) is 0 Å². The van der Waals surface area contributed by atoms with Crippen LogP contribution >= 0.6 is 0 Å². The van der Waals surface area contributed by atoms with E-state index in [2.05, 4.69) is 22.9 Å². The van der Waals surface area contributed by atoms with Crippen LogP contribution in [0.15, 0.2) is 24.3 Å². The fraction of sp³-hybridized carbons (Fsp3) is 0.619. The van der Waals surface area contributed by atoms with Crippen LogP contribution in [-0.4, -0.2) is 48.4 Å². The van der Waals surface area contributed by atoms with E-state index in [4.69, 9.17) is 0 Å². The van der Waals surface area contributed by atoms with Crippen LogP contribution < -0.4 is 16.0 Å². The van der Waals surface area contributed by atoms with Gasteiger partial charge in [0.25, 0.3) is 0 Å². The van der Waals surface area contributed by atoms with Gasteiger partial charge in [0, 0.05) is 13.1 Å². The molecule has 6 nitrogen and oxygen atoms in total. The maximum atomic E-state index is 13.3. The lowest BCUT2D eigenvalue weighted by atomic mass is 9.82. The zero-order valence-corrected chi connectivity index (χ0v) is 15.9. The molecule has 144 valence electrons. The van der Waals surface area contributed by atoms with E-state index in [9.17, 15) is 9.59 Å². The van der Waals surface area contributed by atoms with E-state index in [-0.39, 0.29) is 16.7 Å². The smallest absolute Gasteiger partial charge is 0.250 e. The summed E-state index contributed by atoms with van der Waals surface area (Å²) in [6, 6.07) is 7.81. The molecule has 0 aromatic heterocycles. The second-order valence-electron chi connectivity index (χ2n) is 9.04. The molecule has 2 amide bonds. The maximum absolute atomic E-state index is 13.3. The van der Waals surface area contributed by atoms with Crippen LogP contribution in [-0.2, 0) is 9.59 Å². The number of likely N-dealkylation sites (tertiary alicyclic amines) is 1. The third-order valence-electron chi connectivity index (χ3n) is 7.66. The van der Waals surface area contributed by atoms with Gasteiger partial charge in [0.15, 0.2) is 0 Å². The van der Waals surface area contributed by atoms with Crippen LogP contribution in [0.2, 0.25) is 0 Å². The number of amides is 2. The van der Waals surface area contributed by atoms with Crippen molar-refractivity contribution in [2.45, 2.75) is 44.6 Å². The summed E-state index contributed by atoms with van der Waals surface area (Å²) in [7, 11) is 0. The van der Waals surface area contributed by atoms with Gasteiger partial charge in [-0.05, 0) is 62.7 Å². The Bertz CT molecular complexity index is 793. The first-order chi connectivity index (χ1) is 13.0. The molecule has 4 aliphatic rings. The molecule has 2 saturated heterocycles. The van der Waals surface area contributed by atoms with Crippen LogP contribution in [0.25, 0.3) is 0 Å². The standard InChI is InChI=1S/C21H28N4O2/c1-19(14-20(19)6-10-22-11-7-20)18(27)25-12-8-21(9-13-25)17(26)23-15-4-2-3-5-16(15)24-21/h2-5,22,24H,6-14H2,1H3,(H,23,26).